The van der Waals surface area contributed by atoms with Gasteiger partial charge in [0.15, 0.2) is 0 Å². The SMILES string of the molecule is Cc1ccc(CN2CC3CCCC3C2C(=O)O)cc1C. The van der Waals surface area contributed by atoms with Gasteiger partial charge < -0.3 is 5.11 Å². The van der Waals surface area contributed by atoms with Crippen molar-refractivity contribution in [3.05, 3.63) is 34.9 Å². The Morgan fingerprint density at radius 3 is 2.80 bits per heavy atom. The van der Waals surface area contributed by atoms with Gasteiger partial charge in [-0.3, -0.25) is 9.69 Å². The Morgan fingerprint density at radius 1 is 1.30 bits per heavy atom. The van der Waals surface area contributed by atoms with Gasteiger partial charge in [-0.1, -0.05) is 24.6 Å². The molecule has 2 aliphatic rings. The monoisotopic (exact) mass is 273 g/mol. The molecule has 1 saturated heterocycles. The Kier molecular flexibility index (Phi) is 3.55. The van der Waals surface area contributed by atoms with Crippen molar-refractivity contribution < 1.29 is 9.90 Å². The summed E-state index contributed by atoms with van der Waals surface area (Å²) in [6, 6.07) is 6.19. The summed E-state index contributed by atoms with van der Waals surface area (Å²) in [5.41, 5.74) is 3.81. The van der Waals surface area contributed by atoms with Crippen LogP contribution in [0.1, 0.15) is 36.0 Å². The second kappa shape index (κ2) is 5.21. The molecule has 2 fully saturated rings. The topological polar surface area (TPSA) is 40.5 Å². The molecule has 108 valence electrons. The van der Waals surface area contributed by atoms with Gasteiger partial charge in [-0.2, -0.15) is 0 Å². The Bertz CT molecular complexity index is 526. The number of aliphatic carboxylic acids is 1. The first-order valence-corrected chi connectivity index (χ1v) is 7.59. The van der Waals surface area contributed by atoms with E-state index < -0.39 is 5.97 Å². The highest BCUT2D eigenvalue weighted by Gasteiger charge is 2.47. The molecule has 3 unspecified atom stereocenters. The first kappa shape index (κ1) is 13.6. The molecule has 1 aromatic rings. The maximum absolute atomic E-state index is 11.6. The first-order valence-electron chi connectivity index (χ1n) is 7.59. The fraction of sp³-hybridized carbons (Fsp3) is 0.588. The van der Waals surface area contributed by atoms with E-state index in [0.717, 1.165) is 19.5 Å². The molecule has 1 aromatic carbocycles. The number of benzene rings is 1. The molecular formula is C17H23NO2. The largest absolute Gasteiger partial charge is 0.480 e. The van der Waals surface area contributed by atoms with Crippen LogP contribution < -0.4 is 0 Å². The highest BCUT2D eigenvalue weighted by Crippen LogP contribution is 2.42. The molecule has 3 atom stereocenters. The summed E-state index contributed by atoms with van der Waals surface area (Å²) >= 11 is 0. The zero-order valence-corrected chi connectivity index (χ0v) is 12.3. The van der Waals surface area contributed by atoms with E-state index >= 15 is 0 Å². The van der Waals surface area contributed by atoms with Crippen LogP contribution in [0, 0.1) is 25.7 Å². The number of nitrogens with zero attached hydrogens (tertiary/aromatic N) is 1. The maximum Gasteiger partial charge on any atom is 0.321 e. The number of rotatable bonds is 3. The molecule has 1 aliphatic heterocycles. The van der Waals surface area contributed by atoms with Gasteiger partial charge in [0, 0.05) is 13.1 Å². The van der Waals surface area contributed by atoms with E-state index in [1.807, 2.05) is 0 Å². The average molecular weight is 273 g/mol. The van der Waals surface area contributed by atoms with Gasteiger partial charge >= 0.3 is 5.97 Å². The summed E-state index contributed by atoms with van der Waals surface area (Å²) in [5, 5.41) is 9.57. The van der Waals surface area contributed by atoms with E-state index in [4.69, 9.17) is 0 Å². The average Bonchev–Trinajstić information content (AvgIpc) is 2.93. The Morgan fingerprint density at radius 2 is 2.10 bits per heavy atom. The van der Waals surface area contributed by atoms with Crippen LogP contribution in [0.15, 0.2) is 18.2 Å². The Balaban J connectivity index is 1.79. The number of fused-ring (bicyclic) bond motifs is 1. The van der Waals surface area contributed by atoms with E-state index in [-0.39, 0.29) is 6.04 Å². The molecular weight excluding hydrogens is 250 g/mol. The van der Waals surface area contributed by atoms with Gasteiger partial charge in [0.25, 0.3) is 0 Å². The standard InChI is InChI=1S/C17H23NO2/c1-11-6-7-13(8-12(11)2)9-18-10-14-4-3-5-15(14)16(18)17(19)20/h6-8,14-16H,3-5,9-10H2,1-2H3,(H,19,20). The van der Waals surface area contributed by atoms with Gasteiger partial charge in [-0.15, -0.1) is 0 Å². The third-order valence-electron chi connectivity index (χ3n) is 5.20. The van der Waals surface area contributed by atoms with Gasteiger partial charge in [0.05, 0.1) is 0 Å². The van der Waals surface area contributed by atoms with Crippen LogP contribution >= 0.6 is 0 Å². The minimum atomic E-state index is -0.636. The molecule has 0 amide bonds. The highest BCUT2D eigenvalue weighted by atomic mass is 16.4. The fourth-order valence-electron chi connectivity index (χ4n) is 4.03. The summed E-state index contributed by atoms with van der Waals surface area (Å²) < 4.78 is 0. The normalized spacial score (nSPS) is 29.6. The van der Waals surface area contributed by atoms with Crippen LogP contribution in [-0.2, 0) is 11.3 Å². The lowest BCUT2D eigenvalue weighted by molar-refractivity contribution is -0.143. The molecule has 0 radical (unpaired) electrons. The van der Waals surface area contributed by atoms with Gasteiger partial charge in [0.2, 0.25) is 0 Å². The summed E-state index contributed by atoms with van der Waals surface area (Å²) in [6.45, 7) is 5.95. The lowest BCUT2D eigenvalue weighted by Gasteiger charge is -2.24. The predicted octanol–water partition coefficient (Wildman–Crippen LogP) is 2.99. The maximum atomic E-state index is 11.6. The van der Waals surface area contributed by atoms with Gasteiger partial charge in [-0.05, 0) is 55.2 Å². The van der Waals surface area contributed by atoms with Crippen molar-refractivity contribution in [2.75, 3.05) is 6.54 Å². The molecule has 3 rings (SSSR count). The first-order chi connectivity index (χ1) is 9.56. The second-order valence-corrected chi connectivity index (χ2v) is 6.49. The molecule has 1 aliphatic carbocycles. The summed E-state index contributed by atoms with van der Waals surface area (Å²) in [7, 11) is 0. The number of aryl methyl sites for hydroxylation is 2. The van der Waals surface area contributed by atoms with Crippen molar-refractivity contribution in [1.29, 1.82) is 0 Å². The third kappa shape index (κ3) is 2.35. The second-order valence-electron chi connectivity index (χ2n) is 6.49. The number of likely N-dealkylation sites (tertiary alicyclic amines) is 1. The number of carbonyl (C=O) groups is 1. The number of hydrogen-bond donors (Lipinski definition) is 1. The van der Waals surface area contributed by atoms with Crippen LogP contribution in [0.25, 0.3) is 0 Å². The van der Waals surface area contributed by atoms with E-state index in [2.05, 4.69) is 36.9 Å². The molecule has 20 heavy (non-hydrogen) atoms. The molecule has 3 heteroatoms. The molecule has 3 nitrogen and oxygen atoms in total. The molecule has 1 saturated carbocycles. The zero-order chi connectivity index (χ0) is 14.3. The van der Waals surface area contributed by atoms with E-state index in [1.165, 1.54) is 29.5 Å². The van der Waals surface area contributed by atoms with Crippen molar-refractivity contribution in [2.24, 2.45) is 11.8 Å². The van der Waals surface area contributed by atoms with Crippen LogP contribution in [0.5, 0.6) is 0 Å². The van der Waals surface area contributed by atoms with Crippen LogP contribution in [0.4, 0.5) is 0 Å². The van der Waals surface area contributed by atoms with Crippen molar-refractivity contribution in [3.63, 3.8) is 0 Å². The summed E-state index contributed by atoms with van der Waals surface area (Å²) in [6.07, 6.45) is 3.50. The highest BCUT2D eigenvalue weighted by molar-refractivity contribution is 5.74. The quantitative estimate of drug-likeness (QED) is 0.920. The van der Waals surface area contributed by atoms with E-state index in [9.17, 15) is 9.90 Å². The van der Waals surface area contributed by atoms with Crippen molar-refractivity contribution in [1.82, 2.24) is 4.90 Å². The Labute approximate surface area is 120 Å². The lowest BCUT2D eigenvalue weighted by atomic mass is 9.94. The summed E-state index contributed by atoms with van der Waals surface area (Å²) in [4.78, 5) is 13.8. The molecule has 0 aromatic heterocycles. The molecule has 1 heterocycles. The van der Waals surface area contributed by atoms with Crippen LogP contribution in [0.3, 0.4) is 0 Å². The van der Waals surface area contributed by atoms with E-state index in [0.29, 0.717) is 11.8 Å². The van der Waals surface area contributed by atoms with Crippen molar-refractivity contribution in [2.45, 2.75) is 45.7 Å². The van der Waals surface area contributed by atoms with Crippen LogP contribution in [-0.4, -0.2) is 28.6 Å². The van der Waals surface area contributed by atoms with Gasteiger partial charge in [-0.25, -0.2) is 0 Å². The minimum absolute atomic E-state index is 0.274. The lowest BCUT2D eigenvalue weighted by Crippen LogP contribution is -2.39. The third-order valence-corrected chi connectivity index (χ3v) is 5.20. The Hall–Kier alpha value is -1.35. The smallest absolute Gasteiger partial charge is 0.321 e. The zero-order valence-electron chi connectivity index (χ0n) is 12.3. The summed E-state index contributed by atoms with van der Waals surface area (Å²) in [5.74, 6) is 0.338. The van der Waals surface area contributed by atoms with E-state index in [1.54, 1.807) is 0 Å². The molecule has 1 N–H and O–H groups in total. The van der Waals surface area contributed by atoms with Crippen LogP contribution in [0.2, 0.25) is 0 Å². The van der Waals surface area contributed by atoms with Crippen molar-refractivity contribution >= 4 is 5.97 Å². The number of carboxylic acids is 1. The predicted molar refractivity (Wildman–Crippen MR) is 78.6 cm³/mol. The molecule has 0 spiro atoms. The number of hydrogen-bond acceptors (Lipinski definition) is 2. The molecule has 0 bridgehead atoms. The van der Waals surface area contributed by atoms with Crippen molar-refractivity contribution in [3.8, 4) is 0 Å². The van der Waals surface area contributed by atoms with Gasteiger partial charge in [0.1, 0.15) is 6.04 Å². The fourth-order valence-corrected chi connectivity index (χ4v) is 4.03. The minimum Gasteiger partial charge on any atom is -0.480 e. The number of carboxylic acid groups (broad SMARTS) is 1.